The SMILES string of the molecule is COC(=O)c1ccc2cc(CCN)ccc2c1. The maximum Gasteiger partial charge on any atom is 0.337 e. The second-order valence-electron chi connectivity index (χ2n) is 3.93. The lowest BCUT2D eigenvalue weighted by Gasteiger charge is -2.04. The van der Waals surface area contributed by atoms with Crippen LogP contribution in [0.1, 0.15) is 15.9 Å². The molecule has 0 aromatic heterocycles. The molecule has 0 saturated carbocycles. The summed E-state index contributed by atoms with van der Waals surface area (Å²) >= 11 is 0. The highest BCUT2D eigenvalue weighted by Crippen LogP contribution is 2.18. The summed E-state index contributed by atoms with van der Waals surface area (Å²) in [6.45, 7) is 0.645. The van der Waals surface area contributed by atoms with Gasteiger partial charge in [-0.2, -0.15) is 0 Å². The Labute approximate surface area is 100 Å². The van der Waals surface area contributed by atoms with Gasteiger partial charge in [0.1, 0.15) is 0 Å². The van der Waals surface area contributed by atoms with Crippen molar-refractivity contribution in [1.82, 2.24) is 0 Å². The van der Waals surface area contributed by atoms with E-state index in [9.17, 15) is 4.79 Å². The average molecular weight is 229 g/mol. The highest BCUT2D eigenvalue weighted by atomic mass is 16.5. The molecule has 88 valence electrons. The Balaban J connectivity index is 2.43. The Hall–Kier alpha value is -1.87. The van der Waals surface area contributed by atoms with Gasteiger partial charge in [-0.15, -0.1) is 0 Å². The van der Waals surface area contributed by atoms with Crippen molar-refractivity contribution in [3.63, 3.8) is 0 Å². The second kappa shape index (κ2) is 4.97. The molecule has 0 aliphatic rings. The number of carbonyl (C=O) groups is 1. The number of esters is 1. The van der Waals surface area contributed by atoms with Crippen LogP contribution in [0, 0.1) is 0 Å². The molecule has 17 heavy (non-hydrogen) atoms. The number of hydrogen-bond acceptors (Lipinski definition) is 3. The van der Waals surface area contributed by atoms with Gasteiger partial charge in [0, 0.05) is 0 Å². The van der Waals surface area contributed by atoms with Crippen molar-refractivity contribution in [2.24, 2.45) is 5.73 Å². The summed E-state index contributed by atoms with van der Waals surface area (Å²) in [6.07, 6.45) is 0.870. The molecule has 2 N–H and O–H groups in total. The Morgan fingerprint density at radius 1 is 1.18 bits per heavy atom. The van der Waals surface area contributed by atoms with Gasteiger partial charge < -0.3 is 10.5 Å². The molecule has 2 rings (SSSR count). The van der Waals surface area contributed by atoms with Gasteiger partial charge in [-0.25, -0.2) is 4.79 Å². The summed E-state index contributed by atoms with van der Waals surface area (Å²) in [6, 6.07) is 11.7. The Kier molecular flexibility index (Phi) is 3.40. The van der Waals surface area contributed by atoms with E-state index in [-0.39, 0.29) is 5.97 Å². The predicted octanol–water partition coefficient (Wildman–Crippen LogP) is 2.13. The number of fused-ring (bicyclic) bond motifs is 1. The second-order valence-corrected chi connectivity index (χ2v) is 3.93. The third kappa shape index (κ3) is 2.45. The molecule has 0 atom stereocenters. The Bertz CT molecular complexity index is 549. The normalized spacial score (nSPS) is 10.5. The first-order valence-electron chi connectivity index (χ1n) is 5.55. The lowest BCUT2D eigenvalue weighted by molar-refractivity contribution is 0.0601. The van der Waals surface area contributed by atoms with Crippen molar-refractivity contribution in [1.29, 1.82) is 0 Å². The van der Waals surface area contributed by atoms with E-state index in [0.29, 0.717) is 12.1 Å². The van der Waals surface area contributed by atoms with Gasteiger partial charge in [0.25, 0.3) is 0 Å². The minimum atomic E-state index is -0.307. The molecule has 3 heteroatoms. The Morgan fingerprint density at radius 3 is 2.59 bits per heavy atom. The van der Waals surface area contributed by atoms with Crippen LogP contribution >= 0.6 is 0 Å². The van der Waals surface area contributed by atoms with Crippen LogP contribution < -0.4 is 5.73 Å². The van der Waals surface area contributed by atoms with Crippen LogP contribution in [-0.4, -0.2) is 19.6 Å². The molecule has 0 aliphatic heterocycles. The van der Waals surface area contributed by atoms with E-state index in [0.717, 1.165) is 17.2 Å². The van der Waals surface area contributed by atoms with E-state index in [1.54, 1.807) is 6.07 Å². The summed E-state index contributed by atoms with van der Waals surface area (Å²) < 4.78 is 4.69. The number of ether oxygens (including phenoxy) is 1. The molecule has 0 amide bonds. The fourth-order valence-electron chi connectivity index (χ4n) is 1.86. The number of rotatable bonds is 3. The summed E-state index contributed by atoms with van der Waals surface area (Å²) in [5.74, 6) is -0.307. The van der Waals surface area contributed by atoms with Gasteiger partial charge in [-0.3, -0.25) is 0 Å². The van der Waals surface area contributed by atoms with Crippen LogP contribution in [0.5, 0.6) is 0 Å². The molecule has 0 spiro atoms. The molecule has 2 aromatic carbocycles. The minimum Gasteiger partial charge on any atom is -0.465 e. The van der Waals surface area contributed by atoms with E-state index in [2.05, 4.69) is 6.07 Å². The highest BCUT2D eigenvalue weighted by Gasteiger charge is 2.05. The van der Waals surface area contributed by atoms with Crippen LogP contribution in [0.25, 0.3) is 10.8 Å². The highest BCUT2D eigenvalue weighted by molar-refractivity contribution is 5.95. The molecule has 3 nitrogen and oxygen atoms in total. The van der Waals surface area contributed by atoms with Gasteiger partial charge in [-0.05, 0) is 41.4 Å². The maximum atomic E-state index is 11.4. The average Bonchev–Trinajstić information content (AvgIpc) is 2.37. The maximum absolute atomic E-state index is 11.4. The van der Waals surface area contributed by atoms with Gasteiger partial charge >= 0.3 is 5.97 Å². The van der Waals surface area contributed by atoms with Gasteiger partial charge in [0.15, 0.2) is 0 Å². The lowest BCUT2D eigenvalue weighted by Crippen LogP contribution is -2.03. The number of methoxy groups -OCH3 is 1. The quantitative estimate of drug-likeness (QED) is 0.820. The predicted molar refractivity (Wildman–Crippen MR) is 68.0 cm³/mol. The summed E-state index contributed by atoms with van der Waals surface area (Å²) in [4.78, 5) is 11.4. The molecule has 0 aliphatic carbocycles. The molecule has 0 radical (unpaired) electrons. The minimum absolute atomic E-state index is 0.307. The number of carbonyl (C=O) groups excluding carboxylic acids is 1. The first kappa shape index (κ1) is 11.6. The zero-order valence-corrected chi connectivity index (χ0v) is 9.77. The molecule has 2 aromatic rings. The zero-order valence-electron chi connectivity index (χ0n) is 9.77. The Morgan fingerprint density at radius 2 is 1.88 bits per heavy atom. The molecular formula is C14H15NO2. The van der Waals surface area contributed by atoms with Crippen LogP contribution in [0.15, 0.2) is 36.4 Å². The van der Waals surface area contributed by atoms with Gasteiger partial charge in [0.05, 0.1) is 12.7 Å². The van der Waals surface area contributed by atoms with Crippen LogP contribution in [-0.2, 0) is 11.2 Å². The van der Waals surface area contributed by atoms with Crippen LogP contribution in [0.4, 0.5) is 0 Å². The number of nitrogens with two attached hydrogens (primary N) is 1. The molecule has 0 unspecified atom stereocenters. The van der Waals surface area contributed by atoms with E-state index >= 15 is 0 Å². The van der Waals surface area contributed by atoms with Crippen molar-refractivity contribution in [2.75, 3.05) is 13.7 Å². The first-order valence-corrected chi connectivity index (χ1v) is 5.55. The fraction of sp³-hybridized carbons (Fsp3) is 0.214. The van der Waals surface area contributed by atoms with Crippen LogP contribution in [0.3, 0.4) is 0 Å². The van der Waals surface area contributed by atoms with Crippen molar-refractivity contribution in [2.45, 2.75) is 6.42 Å². The zero-order chi connectivity index (χ0) is 12.3. The van der Waals surface area contributed by atoms with E-state index < -0.39 is 0 Å². The summed E-state index contributed by atoms with van der Waals surface area (Å²) in [5.41, 5.74) is 7.31. The van der Waals surface area contributed by atoms with Crippen molar-refractivity contribution < 1.29 is 9.53 Å². The first-order chi connectivity index (χ1) is 8.24. The largest absolute Gasteiger partial charge is 0.465 e. The number of hydrogen-bond donors (Lipinski definition) is 1. The van der Waals surface area contributed by atoms with Crippen LogP contribution in [0.2, 0.25) is 0 Å². The van der Waals surface area contributed by atoms with E-state index in [1.807, 2.05) is 24.3 Å². The van der Waals surface area contributed by atoms with Crippen molar-refractivity contribution in [3.8, 4) is 0 Å². The summed E-state index contributed by atoms with van der Waals surface area (Å²) in [5, 5.41) is 2.15. The molecule has 0 fully saturated rings. The van der Waals surface area contributed by atoms with Crippen molar-refractivity contribution in [3.05, 3.63) is 47.5 Å². The molecular weight excluding hydrogens is 214 g/mol. The van der Waals surface area contributed by atoms with E-state index in [1.165, 1.54) is 12.7 Å². The molecule has 0 saturated heterocycles. The third-order valence-electron chi connectivity index (χ3n) is 2.76. The molecule has 0 heterocycles. The van der Waals surface area contributed by atoms with Gasteiger partial charge in [-0.1, -0.05) is 24.3 Å². The fourth-order valence-corrected chi connectivity index (χ4v) is 1.86. The van der Waals surface area contributed by atoms with Crippen molar-refractivity contribution >= 4 is 16.7 Å². The standard InChI is InChI=1S/C14H15NO2/c1-17-14(16)13-5-4-11-8-10(6-7-15)2-3-12(11)9-13/h2-5,8-9H,6-7,15H2,1H3. The monoisotopic (exact) mass is 229 g/mol. The third-order valence-corrected chi connectivity index (χ3v) is 2.76. The smallest absolute Gasteiger partial charge is 0.337 e. The van der Waals surface area contributed by atoms with E-state index in [4.69, 9.17) is 10.5 Å². The topological polar surface area (TPSA) is 52.3 Å². The lowest BCUT2D eigenvalue weighted by atomic mass is 10.0. The molecule has 0 bridgehead atoms. The van der Waals surface area contributed by atoms with Gasteiger partial charge in [0.2, 0.25) is 0 Å². The summed E-state index contributed by atoms with van der Waals surface area (Å²) in [7, 11) is 1.39. The number of benzene rings is 2.